The number of carbonyl (C=O) groups is 2. The van der Waals surface area contributed by atoms with Crippen molar-refractivity contribution in [3.8, 4) is 5.75 Å². The Balaban J connectivity index is 1.37. The standard InChI is InChI=1S/C44H54N4O6/c1-8-27-19-28-22-43(39(49)53-6,36-30(25-47(23-27)24-28)29-13-10-11-14-33(29)45-36)32-20-31-34(21-35(32)52-5)46(4)38-42(31)16-18-48-17-12-15-41(9-2,37(42)48)26(3)44(38,51)40(50)54-7/h10-15,19-21,26,28,37-38,45,51H,8-9,16-18,22-25H2,1-7H3/t26-,28?,37+,38-,41+,42?,43+,44?/m1/s1. The lowest BCUT2D eigenvalue weighted by atomic mass is 9.45. The molecular formula is C44H54N4O6. The summed E-state index contributed by atoms with van der Waals surface area (Å²) in [5.41, 5.74) is 2.75. The van der Waals surface area contributed by atoms with Gasteiger partial charge in [-0.05, 0) is 61.4 Å². The Morgan fingerprint density at radius 2 is 1.80 bits per heavy atom. The summed E-state index contributed by atoms with van der Waals surface area (Å²) in [6, 6.07) is 12.0. The molecule has 1 spiro atoms. The highest BCUT2D eigenvalue weighted by Gasteiger charge is 2.78. The van der Waals surface area contributed by atoms with Crippen LogP contribution < -0.4 is 9.64 Å². The number of anilines is 1. The van der Waals surface area contributed by atoms with E-state index in [0.717, 1.165) is 84.4 Å². The van der Waals surface area contributed by atoms with Crippen molar-refractivity contribution in [3.05, 3.63) is 82.6 Å². The van der Waals surface area contributed by atoms with E-state index in [1.165, 1.54) is 19.8 Å². The molecule has 1 saturated heterocycles. The number of fused-ring (bicyclic) bond motifs is 6. The van der Waals surface area contributed by atoms with E-state index < -0.39 is 39.8 Å². The number of rotatable bonds is 6. The maximum Gasteiger partial charge on any atom is 0.340 e. The SMILES string of the molecule is CCC1=CC2CN(C1)Cc1c([nH]c3ccccc13)[C@@](C(=O)OC)(c1cc3c(cc1OC)N(C)[C@H]1C(O)(C(=O)OC)[C@H](C)[C@]4(CC)C=CCN5CCC31[C@@H]54)C2. The van der Waals surface area contributed by atoms with Gasteiger partial charge in [0.15, 0.2) is 5.60 Å². The van der Waals surface area contributed by atoms with Crippen LogP contribution in [0.5, 0.6) is 5.75 Å². The minimum absolute atomic E-state index is 0.00636. The molecule has 9 atom stereocenters. The molecule has 286 valence electrons. The van der Waals surface area contributed by atoms with Gasteiger partial charge in [0.05, 0.1) is 27.4 Å². The first-order valence-corrected chi connectivity index (χ1v) is 19.8. The molecule has 4 unspecified atom stereocenters. The number of carbonyl (C=O) groups excluding carboxylic acids is 2. The number of methoxy groups -OCH3 is 3. The smallest absolute Gasteiger partial charge is 0.340 e. The lowest BCUT2D eigenvalue weighted by molar-refractivity contribution is -0.197. The third kappa shape index (κ3) is 4.22. The van der Waals surface area contributed by atoms with Crippen molar-refractivity contribution in [2.24, 2.45) is 17.3 Å². The van der Waals surface area contributed by atoms with Crippen LogP contribution >= 0.6 is 0 Å². The summed E-state index contributed by atoms with van der Waals surface area (Å²) >= 11 is 0. The normalized spacial score (nSPS) is 36.3. The molecule has 9 rings (SSSR count). The van der Waals surface area contributed by atoms with E-state index in [2.05, 4.69) is 82.1 Å². The quantitative estimate of drug-likeness (QED) is 0.253. The number of nitrogens with one attached hydrogen (secondary N) is 1. The minimum Gasteiger partial charge on any atom is -0.496 e. The van der Waals surface area contributed by atoms with Crippen LogP contribution in [0.3, 0.4) is 0 Å². The molecule has 2 N–H and O–H groups in total. The van der Waals surface area contributed by atoms with Crippen molar-refractivity contribution >= 4 is 28.5 Å². The number of hydrogen-bond donors (Lipinski definition) is 2. The van der Waals surface area contributed by atoms with Gasteiger partial charge in [-0.1, -0.05) is 62.8 Å². The zero-order valence-electron chi connectivity index (χ0n) is 32.7. The van der Waals surface area contributed by atoms with Crippen molar-refractivity contribution in [1.82, 2.24) is 14.8 Å². The van der Waals surface area contributed by atoms with Crippen LogP contribution in [0.25, 0.3) is 10.9 Å². The molecular weight excluding hydrogens is 681 g/mol. The second-order valence-electron chi connectivity index (χ2n) is 16.9. The Labute approximate surface area is 318 Å². The highest BCUT2D eigenvalue weighted by molar-refractivity contribution is 5.95. The first-order chi connectivity index (χ1) is 26.0. The van der Waals surface area contributed by atoms with Crippen LogP contribution in [0, 0.1) is 17.3 Å². The molecule has 1 aromatic heterocycles. The predicted octanol–water partition coefficient (Wildman–Crippen LogP) is 5.46. The van der Waals surface area contributed by atoms with Crippen molar-refractivity contribution in [3.63, 3.8) is 0 Å². The Morgan fingerprint density at radius 1 is 1.02 bits per heavy atom. The van der Waals surface area contributed by atoms with Crippen LogP contribution in [0.4, 0.5) is 5.69 Å². The molecule has 2 fully saturated rings. The van der Waals surface area contributed by atoms with Crippen molar-refractivity contribution < 1.29 is 28.9 Å². The van der Waals surface area contributed by atoms with Gasteiger partial charge in [0.25, 0.3) is 0 Å². The van der Waals surface area contributed by atoms with Gasteiger partial charge < -0.3 is 29.2 Å². The van der Waals surface area contributed by atoms with E-state index in [9.17, 15) is 9.90 Å². The molecule has 6 heterocycles. The second-order valence-corrected chi connectivity index (χ2v) is 16.9. The molecule has 2 aromatic carbocycles. The molecule has 10 heteroatoms. The molecule has 3 aromatic rings. The van der Waals surface area contributed by atoms with E-state index in [0.29, 0.717) is 18.7 Å². The fraction of sp³-hybridized carbons (Fsp3) is 0.545. The van der Waals surface area contributed by atoms with Gasteiger partial charge in [-0.25, -0.2) is 4.79 Å². The average Bonchev–Trinajstić information content (AvgIpc) is 3.84. The van der Waals surface area contributed by atoms with E-state index >= 15 is 4.79 Å². The molecule has 10 nitrogen and oxygen atoms in total. The van der Waals surface area contributed by atoms with E-state index in [4.69, 9.17) is 14.2 Å². The molecule has 0 amide bonds. The lowest BCUT2D eigenvalue weighted by Gasteiger charge is -2.64. The summed E-state index contributed by atoms with van der Waals surface area (Å²) in [5.74, 6) is -0.718. The number of para-hydroxylation sites is 1. The Bertz CT molecular complexity index is 2120. The molecule has 2 bridgehead atoms. The van der Waals surface area contributed by atoms with Crippen LogP contribution in [-0.2, 0) is 36.4 Å². The van der Waals surface area contributed by atoms with Gasteiger partial charge in [0, 0.05) is 89.9 Å². The summed E-state index contributed by atoms with van der Waals surface area (Å²) in [4.78, 5) is 40.3. The van der Waals surface area contributed by atoms with Crippen LogP contribution in [0.2, 0.25) is 0 Å². The summed E-state index contributed by atoms with van der Waals surface area (Å²) < 4.78 is 17.8. The van der Waals surface area contributed by atoms with Crippen molar-refractivity contribution in [2.75, 3.05) is 59.5 Å². The van der Waals surface area contributed by atoms with Gasteiger partial charge in [-0.2, -0.15) is 0 Å². The molecule has 6 aliphatic rings. The maximum atomic E-state index is 15.1. The highest BCUT2D eigenvalue weighted by Crippen LogP contribution is 2.69. The molecule has 1 saturated carbocycles. The first kappa shape index (κ1) is 35.6. The number of nitrogens with zero attached hydrogens (tertiary/aromatic N) is 3. The molecule has 5 aliphatic heterocycles. The largest absolute Gasteiger partial charge is 0.496 e. The van der Waals surface area contributed by atoms with Crippen LogP contribution in [0.15, 0.2) is 60.2 Å². The van der Waals surface area contributed by atoms with Crippen molar-refractivity contribution in [1.29, 1.82) is 0 Å². The molecule has 1 aliphatic carbocycles. The number of hydrogen-bond acceptors (Lipinski definition) is 9. The van der Waals surface area contributed by atoms with Gasteiger partial charge in [0.2, 0.25) is 0 Å². The Kier molecular flexibility index (Phi) is 8.03. The summed E-state index contributed by atoms with van der Waals surface area (Å²) in [6.07, 6.45) is 9.82. The van der Waals surface area contributed by atoms with Gasteiger partial charge >= 0.3 is 11.9 Å². The summed E-state index contributed by atoms with van der Waals surface area (Å²) in [5, 5.41) is 14.2. The minimum atomic E-state index is -1.82. The third-order valence-electron chi connectivity index (χ3n) is 15.1. The zero-order valence-corrected chi connectivity index (χ0v) is 32.7. The number of aliphatic hydroxyl groups is 1. The molecule has 54 heavy (non-hydrogen) atoms. The number of likely N-dealkylation sites (N-methyl/N-ethyl adjacent to an activating group) is 1. The van der Waals surface area contributed by atoms with E-state index in [1.54, 1.807) is 7.11 Å². The fourth-order valence-electron chi connectivity index (χ4n) is 12.9. The van der Waals surface area contributed by atoms with Crippen molar-refractivity contribution in [2.45, 2.75) is 81.5 Å². The van der Waals surface area contributed by atoms with E-state index in [1.807, 2.05) is 20.0 Å². The Morgan fingerprint density at radius 3 is 2.52 bits per heavy atom. The average molecular weight is 735 g/mol. The third-order valence-corrected chi connectivity index (χ3v) is 15.1. The topological polar surface area (TPSA) is 108 Å². The van der Waals surface area contributed by atoms with Gasteiger partial charge in [-0.15, -0.1) is 0 Å². The highest BCUT2D eigenvalue weighted by atomic mass is 16.5. The number of H-pyrrole nitrogens is 1. The predicted molar refractivity (Wildman–Crippen MR) is 208 cm³/mol. The second kappa shape index (κ2) is 12.2. The van der Waals surface area contributed by atoms with Gasteiger partial charge in [0.1, 0.15) is 11.2 Å². The monoisotopic (exact) mass is 734 g/mol. The van der Waals surface area contributed by atoms with E-state index in [-0.39, 0.29) is 17.9 Å². The zero-order chi connectivity index (χ0) is 37.9. The number of ether oxygens (including phenoxy) is 3. The van der Waals surface area contributed by atoms with Crippen LogP contribution in [0.1, 0.15) is 68.8 Å². The fourth-order valence-corrected chi connectivity index (χ4v) is 12.9. The maximum absolute atomic E-state index is 15.1. The number of esters is 2. The summed E-state index contributed by atoms with van der Waals surface area (Å²) in [7, 11) is 6.53. The Hall–Kier alpha value is -4.12. The number of aromatic nitrogens is 1. The summed E-state index contributed by atoms with van der Waals surface area (Å²) in [6.45, 7) is 10.5. The van der Waals surface area contributed by atoms with Crippen LogP contribution in [-0.4, -0.2) is 104 Å². The first-order valence-electron chi connectivity index (χ1n) is 19.8. The lowest BCUT2D eigenvalue weighted by Crippen LogP contribution is -2.78. The molecule has 0 radical (unpaired) electrons. The number of benzene rings is 2. The van der Waals surface area contributed by atoms with Gasteiger partial charge in [-0.3, -0.25) is 14.6 Å². The number of aromatic amines is 1.